The minimum absolute atomic E-state index is 0.342. The van der Waals surface area contributed by atoms with Crippen molar-refractivity contribution in [2.24, 2.45) is 22.4 Å². The number of allylic oxidation sites excluding steroid dienone is 1. The van der Waals surface area contributed by atoms with Gasteiger partial charge in [-0.3, -0.25) is 9.67 Å². The maximum atomic E-state index is 12.7. The topological polar surface area (TPSA) is 82.2 Å². The summed E-state index contributed by atoms with van der Waals surface area (Å²) in [4.78, 5) is 3.88. The molecule has 26 heavy (non-hydrogen) atoms. The molecule has 4 N–H and O–H groups in total. The molecular formula is C18H22F3N5. The maximum Gasteiger partial charge on any atom is 0.419 e. The molecule has 1 aliphatic carbocycles. The van der Waals surface area contributed by atoms with Gasteiger partial charge in [-0.2, -0.15) is 18.3 Å². The van der Waals surface area contributed by atoms with E-state index < -0.39 is 11.7 Å². The Balaban J connectivity index is 1.78. The van der Waals surface area contributed by atoms with Gasteiger partial charge < -0.3 is 11.5 Å². The van der Waals surface area contributed by atoms with Crippen LogP contribution < -0.4 is 11.5 Å². The van der Waals surface area contributed by atoms with Crippen LogP contribution in [0.1, 0.15) is 31.7 Å². The van der Waals surface area contributed by atoms with Crippen LogP contribution in [0.3, 0.4) is 0 Å². The van der Waals surface area contributed by atoms with Crippen molar-refractivity contribution in [1.82, 2.24) is 9.78 Å². The van der Waals surface area contributed by atoms with Gasteiger partial charge in [0.15, 0.2) is 0 Å². The number of halogens is 3. The Morgan fingerprint density at radius 3 is 2.62 bits per heavy atom. The molecule has 8 heteroatoms. The van der Waals surface area contributed by atoms with E-state index in [0.717, 1.165) is 43.8 Å². The lowest BCUT2D eigenvalue weighted by molar-refractivity contribution is -0.0857. The number of fused-ring (bicyclic) bond motifs is 1. The van der Waals surface area contributed by atoms with Crippen LogP contribution >= 0.6 is 0 Å². The molecule has 0 unspecified atom stereocenters. The summed E-state index contributed by atoms with van der Waals surface area (Å²) in [7, 11) is 0. The Labute approximate surface area is 149 Å². The molecule has 0 aliphatic heterocycles. The van der Waals surface area contributed by atoms with E-state index in [0.29, 0.717) is 29.4 Å². The molecule has 1 heterocycles. The molecular weight excluding hydrogens is 343 g/mol. The highest BCUT2D eigenvalue weighted by atomic mass is 19.4. The third kappa shape index (κ3) is 4.07. The van der Waals surface area contributed by atoms with Gasteiger partial charge in [0.1, 0.15) is 0 Å². The fourth-order valence-electron chi connectivity index (χ4n) is 3.29. The van der Waals surface area contributed by atoms with Crippen LogP contribution in [-0.2, 0) is 0 Å². The second-order valence-electron chi connectivity index (χ2n) is 6.64. The minimum Gasteiger partial charge on any atom is -0.404 e. The highest BCUT2D eigenvalue weighted by Gasteiger charge is 2.32. The molecule has 3 rings (SSSR count). The molecule has 1 saturated carbocycles. The van der Waals surface area contributed by atoms with Crippen LogP contribution in [0.5, 0.6) is 0 Å². The van der Waals surface area contributed by atoms with Gasteiger partial charge in [0, 0.05) is 24.0 Å². The molecule has 0 bridgehead atoms. The van der Waals surface area contributed by atoms with Gasteiger partial charge in [-0.05, 0) is 56.3 Å². The number of aliphatic imine (C=N–C) groups is 1. The zero-order chi connectivity index (χ0) is 18.7. The zero-order valence-electron chi connectivity index (χ0n) is 14.3. The Bertz CT molecular complexity index is 814. The van der Waals surface area contributed by atoms with Gasteiger partial charge in [-0.1, -0.05) is 0 Å². The summed E-state index contributed by atoms with van der Waals surface area (Å²) in [6.45, 7) is 0.728. The van der Waals surface area contributed by atoms with Crippen LogP contribution in [0.2, 0.25) is 0 Å². The van der Waals surface area contributed by atoms with E-state index >= 15 is 0 Å². The van der Waals surface area contributed by atoms with Crippen molar-refractivity contribution in [3.8, 4) is 0 Å². The fraction of sp³-hybridized carbons (Fsp3) is 0.444. The molecule has 0 amide bonds. The number of hydrogen-bond acceptors (Lipinski definition) is 4. The summed E-state index contributed by atoms with van der Waals surface area (Å²) < 4.78 is 40.0. The molecule has 0 spiro atoms. The summed E-state index contributed by atoms with van der Waals surface area (Å²) in [6, 6.07) is 5.50. The highest BCUT2D eigenvalue weighted by Crippen LogP contribution is 2.32. The van der Waals surface area contributed by atoms with Crippen molar-refractivity contribution in [3.05, 3.63) is 36.2 Å². The lowest BCUT2D eigenvalue weighted by Crippen LogP contribution is -2.23. The van der Waals surface area contributed by atoms with Crippen LogP contribution in [0, 0.1) is 5.92 Å². The van der Waals surface area contributed by atoms with E-state index in [1.807, 2.05) is 16.9 Å². The van der Waals surface area contributed by atoms with Crippen molar-refractivity contribution in [3.63, 3.8) is 0 Å². The summed E-state index contributed by atoms with van der Waals surface area (Å²) in [5, 5.41) is 5.53. The van der Waals surface area contributed by atoms with E-state index in [2.05, 4.69) is 10.1 Å². The monoisotopic (exact) mass is 365 g/mol. The first kappa shape index (κ1) is 18.4. The van der Waals surface area contributed by atoms with Crippen LogP contribution in [0.25, 0.3) is 10.9 Å². The second-order valence-corrected chi connectivity index (χ2v) is 6.64. The van der Waals surface area contributed by atoms with E-state index in [1.165, 1.54) is 0 Å². The second kappa shape index (κ2) is 7.49. The Morgan fingerprint density at radius 1 is 1.27 bits per heavy atom. The highest BCUT2D eigenvalue weighted by molar-refractivity contribution is 5.85. The van der Waals surface area contributed by atoms with E-state index in [4.69, 9.17) is 11.5 Å². The SMILES string of the molecule is NC=C(C=Nc1ccc2cn(C3CCC(CN)CC3)nc2c1)C(F)(F)F. The van der Waals surface area contributed by atoms with Crippen molar-refractivity contribution in [2.75, 3.05) is 6.54 Å². The summed E-state index contributed by atoms with van der Waals surface area (Å²) in [5.74, 6) is 0.593. The van der Waals surface area contributed by atoms with E-state index in [9.17, 15) is 13.2 Å². The van der Waals surface area contributed by atoms with Crippen molar-refractivity contribution < 1.29 is 13.2 Å². The predicted octanol–water partition coefficient (Wildman–Crippen LogP) is 3.83. The Kier molecular flexibility index (Phi) is 5.31. The average Bonchev–Trinajstić information content (AvgIpc) is 3.04. The number of nitrogens with zero attached hydrogens (tertiary/aromatic N) is 3. The molecule has 1 aliphatic rings. The van der Waals surface area contributed by atoms with Crippen molar-refractivity contribution >= 4 is 22.8 Å². The molecule has 1 fully saturated rings. The number of nitrogens with two attached hydrogens (primary N) is 2. The number of alkyl halides is 3. The largest absolute Gasteiger partial charge is 0.419 e. The lowest BCUT2D eigenvalue weighted by atomic mass is 9.86. The molecule has 1 aromatic heterocycles. The summed E-state index contributed by atoms with van der Waals surface area (Å²) >= 11 is 0. The quantitative estimate of drug-likeness (QED) is 0.808. The molecule has 0 saturated heterocycles. The molecule has 5 nitrogen and oxygen atoms in total. The minimum atomic E-state index is -4.52. The maximum absolute atomic E-state index is 12.7. The molecule has 140 valence electrons. The molecule has 1 aromatic carbocycles. The first-order chi connectivity index (χ1) is 12.4. The van der Waals surface area contributed by atoms with Gasteiger partial charge in [0.2, 0.25) is 0 Å². The lowest BCUT2D eigenvalue weighted by Gasteiger charge is -2.27. The van der Waals surface area contributed by atoms with Gasteiger partial charge in [0.25, 0.3) is 0 Å². The van der Waals surface area contributed by atoms with Crippen LogP contribution in [-0.4, -0.2) is 28.7 Å². The number of benzene rings is 1. The smallest absolute Gasteiger partial charge is 0.404 e. The third-order valence-electron chi connectivity index (χ3n) is 4.89. The number of rotatable bonds is 4. The Hall–Kier alpha value is -2.35. The van der Waals surface area contributed by atoms with Crippen LogP contribution in [0.4, 0.5) is 18.9 Å². The standard InChI is InChI=1S/C18H22F3N5/c19-18(20,21)14(9-23)10-24-15-4-3-13-11-26(25-17(13)7-15)16-5-1-12(8-22)2-6-16/h3-4,7,9-12,16H,1-2,5-6,8,22-23H2. The molecule has 0 atom stereocenters. The fourth-order valence-corrected chi connectivity index (χ4v) is 3.29. The number of aromatic nitrogens is 2. The first-order valence-corrected chi connectivity index (χ1v) is 8.63. The third-order valence-corrected chi connectivity index (χ3v) is 4.89. The predicted molar refractivity (Wildman–Crippen MR) is 96.3 cm³/mol. The first-order valence-electron chi connectivity index (χ1n) is 8.63. The summed E-state index contributed by atoms with van der Waals surface area (Å²) in [6.07, 6.45) is 2.97. The molecule has 0 radical (unpaired) electrons. The number of hydrogen-bond donors (Lipinski definition) is 2. The van der Waals surface area contributed by atoms with Gasteiger partial charge >= 0.3 is 6.18 Å². The van der Waals surface area contributed by atoms with Gasteiger partial charge in [-0.15, -0.1) is 0 Å². The average molecular weight is 365 g/mol. The zero-order valence-corrected chi connectivity index (χ0v) is 14.3. The van der Waals surface area contributed by atoms with Crippen molar-refractivity contribution in [1.29, 1.82) is 0 Å². The van der Waals surface area contributed by atoms with Gasteiger partial charge in [-0.25, -0.2) is 0 Å². The van der Waals surface area contributed by atoms with Crippen LogP contribution in [0.15, 0.2) is 41.2 Å². The van der Waals surface area contributed by atoms with Crippen molar-refractivity contribution in [2.45, 2.75) is 37.9 Å². The molecule has 2 aromatic rings. The van der Waals surface area contributed by atoms with E-state index in [1.54, 1.807) is 12.1 Å². The normalized spacial score (nSPS) is 22.4. The summed E-state index contributed by atoms with van der Waals surface area (Å²) in [5.41, 5.74) is 10.9. The Morgan fingerprint density at radius 2 is 2.00 bits per heavy atom. The van der Waals surface area contributed by atoms with Gasteiger partial charge in [0.05, 0.1) is 22.8 Å². The van der Waals surface area contributed by atoms with E-state index in [-0.39, 0.29) is 0 Å².